The lowest BCUT2D eigenvalue weighted by atomic mass is 10.1. The SMILES string of the molecule is CC1Oc2cc(NC(=O)c3ccc(S(=O)(=O)N4CCOCC4)cc3)ccc2N(CCOc2ccccc2)C1=O. The Hall–Kier alpha value is -3.93. The standard InChI is InChI=1S/C28H29N3O7S/c1-20-28(33)31(15-18-37-23-5-3-2-4-6-23)25-12-9-22(19-26(25)38-20)29-27(32)21-7-10-24(11-8-21)39(34,35)30-13-16-36-17-14-30/h2-12,19-20H,13-18H2,1H3,(H,29,32). The molecule has 2 amide bonds. The summed E-state index contributed by atoms with van der Waals surface area (Å²) in [5, 5.41) is 2.81. The molecule has 1 unspecified atom stereocenters. The van der Waals surface area contributed by atoms with Crippen LogP contribution in [0, 0.1) is 0 Å². The van der Waals surface area contributed by atoms with E-state index in [0.717, 1.165) is 5.75 Å². The number of fused-ring (bicyclic) bond motifs is 1. The van der Waals surface area contributed by atoms with E-state index in [1.807, 2.05) is 30.3 Å². The number of hydrogen-bond acceptors (Lipinski definition) is 7. The van der Waals surface area contributed by atoms with E-state index in [2.05, 4.69) is 5.32 Å². The summed E-state index contributed by atoms with van der Waals surface area (Å²) in [6, 6.07) is 20.2. The van der Waals surface area contributed by atoms with Crippen LogP contribution in [0.5, 0.6) is 11.5 Å². The Labute approximate surface area is 227 Å². The van der Waals surface area contributed by atoms with E-state index in [9.17, 15) is 18.0 Å². The number of rotatable bonds is 8. The van der Waals surface area contributed by atoms with Crippen LogP contribution in [0.2, 0.25) is 0 Å². The van der Waals surface area contributed by atoms with E-state index in [-0.39, 0.29) is 10.8 Å². The molecule has 11 heteroatoms. The minimum absolute atomic E-state index is 0.123. The molecule has 2 heterocycles. The second-order valence-electron chi connectivity index (χ2n) is 9.09. The third kappa shape index (κ3) is 5.90. The van der Waals surface area contributed by atoms with Gasteiger partial charge >= 0.3 is 0 Å². The normalized spacial score (nSPS) is 17.7. The summed E-state index contributed by atoms with van der Waals surface area (Å²) in [6.45, 7) is 3.62. The Balaban J connectivity index is 1.26. The molecule has 39 heavy (non-hydrogen) atoms. The molecule has 5 rings (SSSR count). The molecule has 10 nitrogen and oxygen atoms in total. The van der Waals surface area contributed by atoms with Crippen LogP contribution < -0.4 is 19.7 Å². The molecule has 3 aromatic carbocycles. The molecule has 3 aromatic rings. The van der Waals surface area contributed by atoms with E-state index in [1.165, 1.54) is 28.6 Å². The number of ether oxygens (including phenoxy) is 3. The van der Waals surface area contributed by atoms with Crippen LogP contribution >= 0.6 is 0 Å². The Morgan fingerprint density at radius 1 is 1.03 bits per heavy atom. The number of morpholine rings is 1. The van der Waals surface area contributed by atoms with E-state index in [4.69, 9.17) is 14.2 Å². The summed E-state index contributed by atoms with van der Waals surface area (Å²) < 4.78 is 43.8. The maximum atomic E-state index is 12.9. The van der Waals surface area contributed by atoms with Crippen molar-refractivity contribution in [1.82, 2.24) is 4.31 Å². The van der Waals surface area contributed by atoms with E-state index in [1.54, 1.807) is 30.0 Å². The Morgan fingerprint density at radius 3 is 2.46 bits per heavy atom. The maximum absolute atomic E-state index is 12.9. The number of sulfonamides is 1. The molecule has 2 aliphatic rings. The van der Waals surface area contributed by atoms with Gasteiger partial charge in [-0.15, -0.1) is 0 Å². The van der Waals surface area contributed by atoms with Crippen LogP contribution in [0.1, 0.15) is 17.3 Å². The number of hydrogen-bond donors (Lipinski definition) is 1. The van der Waals surface area contributed by atoms with Crippen molar-refractivity contribution in [2.24, 2.45) is 0 Å². The first-order valence-electron chi connectivity index (χ1n) is 12.6. The largest absolute Gasteiger partial charge is 0.492 e. The average molecular weight is 552 g/mol. The van der Waals surface area contributed by atoms with Crippen molar-refractivity contribution < 1.29 is 32.2 Å². The minimum atomic E-state index is -3.65. The molecule has 0 radical (unpaired) electrons. The summed E-state index contributed by atoms with van der Waals surface area (Å²) in [6.07, 6.45) is -0.693. The second kappa shape index (κ2) is 11.4. The van der Waals surface area contributed by atoms with E-state index >= 15 is 0 Å². The highest BCUT2D eigenvalue weighted by Gasteiger charge is 2.32. The summed E-state index contributed by atoms with van der Waals surface area (Å²) >= 11 is 0. The van der Waals surface area contributed by atoms with Gasteiger partial charge in [0.05, 0.1) is 30.3 Å². The lowest BCUT2D eigenvalue weighted by molar-refractivity contribution is -0.125. The van der Waals surface area contributed by atoms with Gasteiger partial charge in [-0.2, -0.15) is 4.31 Å². The van der Waals surface area contributed by atoms with Crippen LogP contribution in [0.3, 0.4) is 0 Å². The van der Waals surface area contributed by atoms with Crippen molar-refractivity contribution in [2.75, 3.05) is 49.7 Å². The fraction of sp³-hybridized carbons (Fsp3) is 0.286. The van der Waals surface area contributed by atoms with Gasteiger partial charge < -0.3 is 24.4 Å². The highest BCUT2D eigenvalue weighted by Crippen LogP contribution is 2.36. The van der Waals surface area contributed by atoms with E-state index < -0.39 is 22.0 Å². The van der Waals surface area contributed by atoms with Gasteiger partial charge in [0, 0.05) is 30.4 Å². The zero-order valence-electron chi connectivity index (χ0n) is 21.4. The van der Waals surface area contributed by atoms with Gasteiger partial charge in [0.1, 0.15) is 18.1 Å². The number of nitrogens with one attached hydrogen (secondary N) is 1. The van der Waals surface area contributed by atoms with Gasteiger partial charge in [0.2, 0.25) is 10.0 Å². The Kier molecular flexibility index (Phi) is 7.82. The molecule has 1 N–H and O–H groups in total. The topological polar surface area (TPSA) is 114 Å². The monoisotopic (exact) mass is 551 g/mol. The zero-order chi connectivity index (χ0) is 27.4. The van der Waals surface area contributed by atoms with Gasteiger partial charge in [-0.3, -0.25) is 9.59 Å². The Bertz CT molecular complexity index is 1440. The lowest BCUT2D eigenvalue weighted by Crippen LogP contribution is -2.46. The number of benzene rings is 3. The molecule has 1 saturated heterocycles. The van der Waals surface area contributed by atoms with Crippen molar-refractivity contribution in [2.45, 2.75) is 17.9 Å². The highest BCUT2D eigenvalue weighted by molar-refractivity contribution is 7.89. The summed E-state index contributed by atoms with van der Waals surface area (Å²) in [5.41, 5.74) is 1.37. The van der Waals surface area contributed by atoms with Crippen molar-refractivity contribution in [3.8, 4) is 11.5 Å². The van der Waals surface area contributed by atoms with Crippen molar-refractivity contribution in [1.29, 1.82) is 0 Å². The maximum Gasteiger partial charge on any atom is 0.267 e. The zero-order valence-corrected chi connectivity index (χ0v) is 22.2. The molecule has 0 saturated carbocycles. The van der Waals surface area contributed by atoms with E-state index in [0.29, 0.717) is 62.1 Å². The first kappa shape index (κ1) is 26.7. The Morgan fingerprint density at radius 2 is 1.74 bits per heavy atom. The minimum Gasteiger partial charge on any atom is -0.492 e. The number of anilines is 2. The third-order valence-corrected chi connectivity index (χ3v) is 8.39. The molecular weight excluding hydrogens is 522 g/mol. The molecular formula is C28H29N3O7S. The molecule has 204 valence electrons. The molecule has 1 atom stereocenters. The van der Waals surface area contributed by atoms with Crippen LogP contribution in [-0.2, 0) is 19.6 Å². The number of nitrogens with zero attached hydrogens (tertiary/aromatic N) is 2. The van der Waals surface area contributed by atoms with Gasteiger partial charge in [-0.1, -0.05) is 18.2 Å². The van der Waals surface area contributed by atoms with Gasteiger partial charge in [-0.25, -0.2) is 8.42 Å². The summed E-state index contributed by atoms with van der Waals surface area (Å²) in [7, 11) is -3.65. The van der Waals surface area contributed by atoms with Crippen molar-refractivity contribution in [3.05, 3.63) is 78.4 Å². The average Bonchev–Trinajstić information content (AvgIpc) is 2.96. The first-order valence-corrected chi connectivity index (χ1v) is 14.1. The molecule has 2 aliphatic heterocycles. The quantitative estimate of drug-likeness (QED) is 0.457. The van der Waals surface area contributed by atoms with Gasteiger partial charge in [0.25, 0.3) is 11.8 Å². The van der Waals surface area contributed by atoms with Crippen LogP contribution in [0.4, 0.5) is 11.4 Å². The number of amides is 2. The number of para-hydroxylation sites is 1. The summed E-state index contributed by atoms with van der Waals surface area (Å²) in [4.78, 5) is 27.4. The number of carbonyl (C=O) groups is 2. The lowest BCUT2D eigenvalue weighted by Gasteiger charge is -2.33. The van der Waals surface area contributed by atoms with Crippen LogP contribution in [-0.4, -0.2) is 70.1 Å². The van der Waals surface area contributed by atoms with Crippen molar-refractivity contribution >= 4 is 33.2 Å². The summed E-state index contributed by atoms with van der Waals surface area (Å²) in [5.74, 6) is 0.601. The number of carbonyl (C=O) groups excluding carboxylic acids is 2. The predicted molar refractivity (Wildman–Crippen MR) is 145 cm³/mol. The van der Waals surface area contributed by atoms with Gasteiger partial charge in [-0.05, 0) is 55.5 Å². The fourth-order valence-corrected chi connectivity index (χ4v) is 5.82. The molecule has 0 spiro atoms. The molecule has 0 bridgehead atoms. The molecule has 0 aliphatic carbocycles. The van der Waals surface area contributed by atoms with Crippen molar-refractivity contribution in [3.63, 3.8) is 0 Å². The van der Waals surface area contributed by atoms with Crippen LogP contribution in [0.25, 0.3) is 0 Å². The van der Waals surface area contributed by atoms with Crippen LogP contribution in [0.15, 0.2) is 77.7 Å². The fourth-order valence-electron chi connectivity index (χ4n) is 4.41. The predicted octanol–water partition coefficient (Wildman–Crippen LogP) is 3.15. The highest BCUT2D eigenvalue weighted by atomic mass is 32.2. The van der Waals surface area contributed by atoms with Gasteiger partial charge in [0.15, 0.2) is 6.10 Å². The molecule has 0 aromatic heterocycles. The first-order chi connectivity index (χ1) is 18.8. The molecule has 1 fully saturated rings. The second-order valence-corrected chi connectivity index (χ2v) is 11.0. The smallest absolute Gasteiger partial charge is 0.267 e. The third-order valence-electron chi connectivity index (χ3n) is 6.48.